The van der Waals surface area contributed by atoms with Gasteiger partial charge in [-0.1, -0.05) is 24.3 Å². The van der Waals surface area contributed by atoms with Crippen molar-refractivity contribution in [2.24, 2.45) is 5.73 Å². The lowest BCUT2D eigenvalue weighted by Gasteiger charge is -2.13. The van der Waals surface area contributed by atoms with Gasteiger partial charge in [0.2, 0.25) is 0 Å². The molecule has 2 heterocycles. The summed E-state index contributed by atoms with van der Waals surface area (Å²) in [6, 6.07) is 14.0. The molecule has 3 heteroatoms. The zero-order valence-electron chi connectivity index (χ0n) is 10.6. The van der Waals surface area contributed by atoms with Crippen LogP contribution < -0.4 is 5.73 Å². The van der Waals surface area contributed by atoms with Gasteiger partial charge >= 0.3 is 0 Å². The van der Waals surface area contributed by atoms with Gasteiger partial charge in [-0.05, 0) is 30.2 Å². The highest BCUT2D eigenvalue weighted by Crippen LogP contribution is 2.24. The summed E-state index contributed by atoms with van der Waals surface area (Å²) >= 11 is 0. The maximum Gasteiger partial charge on any atom is 0.103 e. The number of benzene rings is 1. The summed E-state index contributed by atoms with van der Waals surface area (Å²) in [5.41, 5.74) is 8.39. The van der Waals surface area contributed by atoms with Gasteiger partial charge in [0.25, 0.3) is 0 Å². The lowest BCUT2D eigenvalue weighted by molar-refractivity contribution is 0.489. The number of pyridine rings is 1. The predicted octanol–water partition coefficient (Wildman–Crippen LogP) is 3.46. The zero-order chi connectivity index (χ0) is 13.1. The van der Waals surface area contributed by atoms with Crippen LogP contribution in [0, 0.1) is 0 Å². The number of nitrogens with zero attached hydrogens (tertiary/aromatic N) is 1. The lowest BCUT2D eigenvalue weighted by atomic mass is 9.99. The van der Waals surface area contributed by atoms with Crippen LogP contribution in [0.1, 0.15) is 23.8 Å². The number of nitrogens with two attached hydrogens (primary N) is 1. The lowest BCUT2D eigenvalue weighted by Crippen LogP contribution is -2.12. The first-order valence-electron chi connectivity index (χ1n) is 6.46. The molecular formula is C16H16N2O. The van der Waals surface area contributed by atoms with Gasteiger partial charge in [0.1, 0.15) is 5.76 Å². The van der Waals surface area contributed by atoms with Crippen molar-refractivity contribution in [3.05, 3.63) is 66.2 Å². The fourth-order valence-electron chi connectivity index (χ4n) is 2.34. The van der Waals surface area contributed by atoms with Gasteiger partial charge in [0.05, 0.1) is 11.8 Å². The fourth-order valence-corrected chi connectivity index (χ4v) is 2.34. The maximum atomic E-state index is 6.30. The quantitative estimate of drug-likeness (QED) is 0.773. The van der Waals surface area contributed by atoms with Gasteiger partial charge < -0.3 is 10.2 Å². The van der Waals surface area contributed by atoms with Crippen LogP contribution in [0.3, 0.4) is 0 Å². The molecule has 96 valence electrons. The molecule has 0 amide bonds. The molecule has 0 bridgehead atoms. The van der Waals surface area contributed by atoms with Crippen LogP contribution in [0.15, 0.2) is 59.3 Å². The van der Waals surface area contributed by atoms with E-state index in [0.29, 0.717) is 0 Å². The summed E-state index contributed by atoms with van der Waals surface area (Å²) in [7, 11) is 0. The molecule has 2 N–H and O–H groups in total. The number of hydrogen-bond acceptors (Lipinski definition) is 3. The van der Waals surface area contributed by atoms with Crippen molar-refractivity contribution < 1.29 is 4.42 Å². The van der Waals surface area contributed by atoms with Crippen molar-refractivity contribution in [2.75, 3.05) is 0 Å². The molecule has 0 fully saturated rings. The molecular weight excluding hydrogens is 236 g/mol. The number of hydrogen-bond donors (Lipinski definition) is 1. The molecule has 0 saturated carbocycles. The van der Waals surface area contributed by atoms with Crippen LogP contribution in [0.2, 0.25) is 0 Å². The van der Waals surface area contributed by atoms with Crippen LogP contribution >= 0.6 is 0 Å². The van der Waals surface area contributed by atoms with E-state index in [2.05, 4.69) is 23.2 Å². The average Bonchev–Trinajstić information content (AvgIpc) is 2.97. The Kier molecular flexibility index (Phi) is 3.29. The third-order valence-corrected chi connectivity index (χ3v) is 3.35. The van der Waals surface area contributed by atoms with Crippen LogP contribution in [0.25, 0.3) is 10.9 Å². The van der Waals surface area contributed by atoms with Crippen LogP contribution in [0.4, 0.5) is 0 Å². The van der Waals surface area contributed by atoms with E-state index in [-0.39, 0.29) is 6.04 Å². The first-order chi connectivity index (χ1) is 9.34. The summed E-state index contributed by atoms with van der Waals surface area (Å²) in [5, 5.41) is 1.13. The number of fused-ring (bicyclic) bond motifs is 1. The largest absolute Gasteiger partial charge is 0.469 e. The minimum Gasteiger partial charge on any atom is -0.469 e. The van der Waals surface area contributed by atoms with Crippen LogP contribution in [-0.4, -0.2) is 4.98 Å². The number of rotatable bonds is 4. The third-order valence-electron chi connectivity index (χ3n) is 3.35. The zero-order valence-corrected chi connectivity index (χ0v) is 10.6. The second-order valence-electron chi connectivity index (χ2n) is 4.65. The highest BCUT2D eigenvalue weighted by atomic mass is 16.3. The second-order valence-corrected chi connectivity index (χ2v) is 4.65. The Hall–Kier alpha value is -2.13. The van der Waals surface area contributed by atoms with E-state index >= 15 is 0 Å². The first kappa shape index (κ1) is 11.9. The summed E-state index contributed by atoms with van der Waals surface area (Å²) in [6.07, 6.45) is 5.20. The van der Waals surface area contributed by atoms with Crippen molar-refractivity contribution in [3.8, 4) is 0 Å². The molecule has 0 aliphatic carbocycles. The second kappa shape index (κ2) is 5.24. The Morgan fingerprint density at radius 3 is 2.84 bits per heavy atom. The van der Waals surface area contributed by atoms with E-state index in [1.807, 2.05) is 30.5 Å². The molecule has 2 aromatic heterocycles. The van der Waals surface area contributed by atoms with Gasteiger partial charge in [0, 0.05) is 24.0 Å². The monoisotopic (exact) mass is 252 g/mol. The summed E-state index contributed by atoms with van der Waals surface area (Å²) in [5.74, 6) is 0.976. The number of furan rings is 1. The molecule has 0 saturated heterocycles. The molecule has 19 heavy (non-hydrogen) atoms. The average molecular weight is 252 g/mol. The van der Waals surface area contributed by atoms with E-state index in [0.717, 1.165) is 35.1 Å². The minimum atomic E-state index is -0.0244. The van der Waals surface area contributed by atoms with Crippen molar-refractivity contribution in [1.29, 1.82) is 0 Å². The third kappa shape index (κ3) is 2.51. The molecule has 1 atom stereocenters. The van der Waals surface area contributed by atoms with Crippen molar-refractivity contribution in [3.63, 3.8) is 0 Å². The van der Waals surface area contributed by atoms with Crippen molar-refractivity contribution in [1.82, 2.24) is 4.98 Å². The van der Waals surface area contributed by atoms with Crippen LogP contribution in [-0.2, 0) is 6.42 Å². The Morgan fingerprint density at radius 1 is 1.11 bits per heavy atom. The summed E-state index contributed by atoms with van der Waals surface area (Å²) < 4.78 is 5.34. The minimum absolute atomic E-state index is 0.0244. The maximum absolute atomic E-state index is 6.30. The topological polar surface area (TPSA) is 52.0 Å². The SMILES string of the molecule is NC(CCc1ccco1)c1cccc2cccnc12. The highest BCUT2D eigenvalue weighted by molar-refractivity contribution is 5.81. The van der Waals surface area contributed by atoms with Gasteiger partial charge in [-0.25, -0.2) is 0 Å². The fraction of sp³-hybridized carbons (Fsp3) is 0.188. The Balaban J connectivity index is 1.83. The number of aromatic nitrogens is 1. The summed E-state index contributed by atoms with van der Waals surface area (Å²) in [4.78, 5) is 4.44. The first-order valence-corrected chi connectivity index (χ1v) is 6.46. The van der Waals surface area contributed by atoms with Crippen LogP contribution in [0.5, 0.6) is 0 Å². The Morgan fingerprint density at radius 2 is 2.00 bits per heavy atom. The molecule has 3 aromatic rings. The molecule has 0 radical (unpaired) electrons. The Labute approximate surface area is 112 Å². The van der Waals surface area contributed by atoms with E-state index in [9.17, 15) is 0 Å². The smallest absolute Gasteiger partial charge is 0.103 e. The van der Waals surface area contributed by atoms with Crippen molar-refractivity contribution in [2.45, 2.75) is 18.9 Å². The van der Waals surface area contributed by atoms with E-state index in [1.54, 1.807) is 6.26 Å². The standard InChI is InChI=1S/C16H16N2O/c17-15(9-8-13-6-3-11-19-13)14-7-1-4-12-5-2-10-18-16(12)14/h1-7,10-11,15H,8-9,17H2. The molecule has 0 aliphatic rings. The summed E-state index contributed by atoms with van der Waals surface area (Å²) in [6.45, 7) is 0. The molecule has 0 spiro atoms. The number of para-hydroxylation sites is 1. The normalized spacial score (nSPS) is 12.7. The molecule has 1 unspecified atom stereocenters. The molecule has 3 rings (SSSR count). The van der Waals surface area contributed by atoms with Gasteiger partial charge in [0.15, 0.2) is 0 Å². The molecule has 0 aliphatic heterocycles. The van der Waals surface area contributed by atoms with Crippen molar-refractivity contribution >= 4 is 10.9 Å². The molecule has 1 aromatic carbocycles. The Bertz CT molecular complexity index is 656. The van der Waals surface area contributed by atoms with E-state index < -0.39 is 0 Å². The molecule has 3 nitrogen and oxygen atoms in total. The van der Waals surface area contributed by atoms with Gasteiger partial charge in [-0.15, -0.1) is 0 Å². The van der Waals surface area contributed by atoms with Gasteiger partial charge in [-0.3, -0.25) is 4.98 Å². The van der Waals surface area contributed by atoms with E-state index in [1.165, 1.54) is 0 Å². The van der Waals surface area contributed by atoms with E-state index in [4.69, 9.17) is 10.2 Å². The predicted molar refractivity (Wildman–Crippen MR) is 75.7 cm³/mol. The highest BCUT2D eigenvalue weighted by Gasteiger charge is 2.11. The number of aryl methyl sites for hydroxylation is 1. The van der Waals surface area contributed by atoms with Gasteiger partial charge in [-0.2, -0.15) is 0 Å².